The molecule has 0 saturated heterocycles. The van der Waals surface area contributed by atoms with Gasteiger partial charge in [-0.1, -0.05) is 13.3 Å². The fraction of sp³-hybridized carbons (Fsp3) is 0.750. The van der Waals surface area contributed by atoms with Crippen molar-refractivity contribution >= 4 is 17.9 Å². The van der Waals surface area contributed by atoms with E-state index in [9.17, 15) is 14.4 Å². The number of hydrogen-bond acceptors (Lipinski definition) is 3. The van der Waals surface area contributed by atoms with Gasteiger partial charge in [-0.15, -0.1) is 0 Å². The predicted molar refractivity (Wildman–Crippen MR) is 70.8 cm³/mol. The van der Waals surface area contributed by atoms with Gasteiger partial charge in [0.1, 0.15) is 12.1 Å². The number of likely N-dealkylation sites (N-methyl/N-ethyl adjacent to an activating group) is 2. The molecule has 0 rings (SSSR count). The second-order valence-corrected chi connectivity index (χ2v) is 4.63. The molecule has 7 heteroatoms. The van der Waals surface area contributed by atoms with E-state index < -0.39 is 17.5 Å². The van der Waals surface area contributed by atoms with Crippen LogP contribution in [0.2, 0.25) is 0 Å². The summed E-state index contributed by atoms with van der Waals surface area (Å²) in [5, 5.41) is 14.2. The maximum absolute atomic E-state index is 11.8. The van der Waals surface area contributed by atoms with E-state index in [2.05, 4.69) is 10.6 Å². The third-order valence-corrected chi connectivity index (χ3v) is 2.71. The first-order chi connectivity index (χ1) is 8.76. The first-order valence-electron chi connectivity index (χ1n) is 6.30. The molecule has 0 spiro atoms. The number of nitrogens with one attached hydrogen (secondary N) is 2. The van der Waals surface area contributed by atoms with E-state index in [0.717, 1.165) is 4.90 Å². The van der Waals surface area contributed by atoms with Gasteiger partial charge in [0.15, 0.2) is 0 Å². The monoisotopic (exact) mass is 273 g/mol. The van der Waals surface area contributed by atoms with Gasteiger partial charge in [-0.25, -0.2) is 9.59 Å². The van der Waals surface area contributed by atoms with E-state index in [0.29, 0.717) is 19.4 Å². The first kappa shape index (κ1) is 17.2. The average molecular weight is 273 g/mol. The minimum atomic E-state index is -1.32. The fourth-order valence-corrected chi connectivity index (χ4v) is 1.59. The van der Waals surface area contributed by atoms with Gasteiger partial charge in [-0.3, -0.25) is 4.79 Å². The lowest BCUT2D eigenvalue weighted by Gasteiger charge is -2.28. The smallest absolute Gasteiger partial charge is 0.329 e. The summed E-state index contributed by atoms with van der Waals surface area (Å²) in [6.45, 7) is 5.45. The van der Waals surface area contributed by atoms with E-state index in [1.165, 1.54) is 14.0 Å². The predicted octanol–water partition coefficient (Wildman–Crippen LogP) is 0.407. The van der Waals surface area contributed by atoms with Crippen LogP contribution in [0.5, 0.6) is 0 Å². The normalized spacial score (nSPS) is 13.3. The van der Waals surface area contributed by atoms with Crippen molar-refractivity contribution in [2.75, 3.05) is 20.1 Å². The Morgan fingerprint density at radius 2 is 1.84 bits per heavy atom. The highest BCUT2D eigenvalue weighted by Gasteiger charge is 2.34. The third-order valence-electron chi connectivity index (χ3n) is 2.71. The molecular weight excluding hydrogens is 250 g/mol. The van der Waals surface area contributed by atoms with Gasteiger partial charge in [0.25, 0.3) is 0 Å². The van der Waals surface area contributed by atoms with Crippen LogP contribution in [0, 0.1) is 0 Å². The largest absolute Gasteiger partial charge is 0.480 e. The number of amides is 3. The number of rotatable bonds is 7. The summed E-state index contributed by atoms with van der Waals surface area (Å²) in [5.74, 6) is -1.37. The van der Waals surface area contributed by atoms with E-state index in [1.54, 1.807) is 6.92 Å². The Hall–Kier alpha value is -1.79. The molecule has 0 heterocycles. The number of carbonyl (C=O) groups is 3. The number of hydrogen-bond donors (Lipinski definition) is 3. The van der Waals surface area contributed by atoms with Crippen molar-refractivity contribution in [3.05, 3.63) is 0 Å². The second kappa shape index (κ2) is 7.60. The van der Waals surface area contributed by atoms with Crippen LogP contribution >= 0.6 is 0 Å². The van der Waals surface area contributed by atoms with Gasteiger partial charge < -0.3 is 20.6 Å². The van der Waals surface area contributed by atoms with Crippen molar-refractivity contribution in [1.82, 2.24) is 15.5 Å². The summed E-state index contributed by atoms with van der Waals surface area (Å²) < 4.78 is 0. The van der Waals surface area contributed by atoms with Crippen molar-refractivity contribution < 1.29 is 19.5 Å². The Morgan fingerprint density at radius 1 is 1.26 bits per heavy atom. The van der Waals surface area contributed by atoms with Crippen LogP contribution in [0.15, 0.2) is 0 Å². The average Bonchev–Trinajstić information content (AvgIpc) is 2.28. The number of carboxylic acids is 1. The lowest BCUT2D eigenvalue weighted by Crippen LogP contribution is -2.56. The van der Waals surface area contributed by atoms with Crippen LogP contribution in [0.1, 0.15) is 33.6 Å². The van der Waals surface area contributed by atoms with E-state index in [1.807, 2.05) is 6.92 Å². The molecule has 0 aliphatic heterocycles. The van der Waals surface area contributed by atoms with Crippen LogP contribution in [0.25, 0.3) is 0 Å². The highest BCUT2D eigenvalue weighted by molar-refractivity contribution is 5.88. The number of aliphatic carboxylic acids is 1. The first-order valence-corrected chi connectivity index (χ1v) is 6.30. The lowest BCUT2D eigenvalue weighted by atomic mass is 9.96. The van der Waals surface area contributed by atoms with E-state index in [-0.39, 0.29) is 12.5 Å². The Balaban J connectivity index is 4.56. The quantitative estimate of drug-likeness (QED) is 0.625. The van der Waals surface area contributed by atoms with Crippen molar-refractivity contribution in [2.45, 2.75) is 39.2 Å². The number of nitrogens with zero attached hydrogens (tertiary/aromatic N) is 1. The van der Waals surface area contributed by atoms with Crippen molar-refractivity contribution in [1.29, 1.82) is 0 Å². The highest BCUT2D eigenvalue weighted by Crippen LogP contribution is 2.13. The topological polar surface area (TPSA) is 98.7 Å². The van der Waals surface area contributed by atoms with Gasteiger partial charge in [0, 0.05) is 13.6 Å². The van der Waals surface area contributed by atoms with Gasteiger partial charge in [-0.05, 0) is 20.3 Å². The summed E-state index contributed by atoms with van der Waals surface area (Å²) in [4.78, 5) is 35.5. The molecule has 0 fully saturated rings. The molecular formula is C12H23N3O4. The second-order valence-electron chi connectivity index (χ2n) is 4.63. The number of carboxylic acid groups (broad SMARTS) is 1. The summed E-state index contributed by atoms with van der Waals surface area (Å²) in [7, 11) is 1.44. The van der Waals surface area contributed by atoms with Crippen LogP contribution < -0.4 is 10.6 Å². The minimum Gasteiger partial charge on any atom is -0.480 e. The van der Waals surface area contributed by atoms with Gasteiger partial charge in [-0.2, -0.15) is 0 Å². The van der Waals surface area contributed by atoms with Crippen LogP contribution in [0.4, 0.5) is 4.79 Å². The molecule has 19 heavy (non-hydrogen) atoms. The Kier molecular flexibility index (Phi) is 6.89. The fourth-order valence-electron chi connectivity index (χ4n) is 1.59. The Bertz CT molecular complexity index is 346. The Labute approximate surface area is 113 Å². The minimum absolute atomic E-state index is 0.110. The molecule has 7 nitrogen and oxygen atoms in total. The molecule has 3 amide bonds. The summed E-state index contributed by atoms with van der Waals surface area (Å²) in [5.41, 5.74) is -1.32. The van der Waals surface area contributed by atoms with Crippen LogP contribution in [-0.2, 0) is 9.59 Å². The molecule has 1 unspecified atom stereocenters. The highest BCUT2D eigenvalue weighted by atomic mass is 16.4. The lowest BCUT2D eigenvalue weighted by molar-refractivity contribution is -0.144. The van der Waals surface area contributed by atoms with E-state index >= 15 is 0 Å². The zero-order chi connectivity index (χ0) is 15.1. The Morgan fingerprint density at radius 3 is 2.26 bits per heavy atom. The van der Waals surface area contributed by atoms with Gasteiger partial charge in [0.05, 0.1) is 0 Å². The van der Waals surface area contributed by atoms with Gasteiger partial charge >= 0.3 is 12.0 Å². The molecule has 0 aromatic carbocycles. The molecule has 0 radical (unpaired) electrons. The third kappa shape index (κ3) is 5.58. The van der Waals surface area contributed by atoms with E-state index in [4.69, 9.17) is 5.11 Å². The van der Waals surface area contributed by atoms with Crippen LogP contribution in [-0.4, -0.2) is 53.6 Å². The standard InChI is InChI=1S/C12H23N3O4/c1-5-7-12(3,10(17)18)14-11(19)15(4)8-9(16)13-6-2/h5-8H2,1-4H3,(H,13,16)(H,14,19)(H,17,18). The zero-order valence-corrected chi connectivity index (χ0v) is 11.9. The molecule has 0 aliphatic carbocycles. The van der Waals surface area contributed by atoms with Crippen molar-refractivity contribution in [2.24, 2.45) is 0 Å². The SMILES string of the molecule is CCCC(C)(NC(=O)N(C)CC(=O)NCC)C(=O)O. The maximum Gasteiger partial charge on any atom is 0.329 e. The number of carbonyl (C=O) groups excluding carboxylic acids is 2. The van der Waals surface area contributed by atoms with Crippen molar-refractivity contribution in [3.63, 3.8) is 0 Å². The summed E-state index contributed by atoms with van der Waals surface area (Å²) in [6.07, 6.45) is 0.951. The van der Waals surface area contributed by atoms with Gasteiger partial charge in [0.2, 0.25) is 5.91 Å². The van der Waals surface area contributed by atoms with Crippen molar-refractivity contribution in [3.8, 4) is 0 Å². The molecule has 0 saturated carbocycles. The molecule has 0 aromatic rings. The zero-order valence-electron chi connectivity index (χ0n) is 11.9. The summed E-state index contributed by atoms with van der Waals surface area (Å²) >= 11 is 0. The molecule has 0 aliphatic rings. The molecule has 3 N–H and O–H groups in total. The molecule has 0 bridgehead atoms. The maximum atomic E-state index is 11.8. The summed E-state index contributed by atoms with van der Waals surface area (Å²) in [6, 6.07) is -0.579. The molecule has 110 valence electrons. The molecule has 0 aromatic heterocycles. The van der Waals surface area contributed by atoms with Crippen LogP contribution in [0.3, 0.4) is 0 Å². The number of urea groups is 1. The molecule has 1 atom stereocenters.